The topological polar surface area (TPSA) is 50.2 Å². The molecule has 1 saturated heterocycles. The van der Waals surface area contributed by atoms with Crippen LogP contribution in [0.3, 0.4) is 0 Å². The quantitative estimate of drug-likeness (QED) is 0.918. The van der Waals surface area contributed by atoms with Gasteiger partial charge in [-0.15, -0.1) is 0 Å². The lowest BCUT2D eigenvalue weighted by Crippen LogP contribution is -2.38. The number of nitrogens with zero attached hydrogens (tertiary/aromatic N) is 3. The summed E-state index contributed by atoms with van der Waals surface area (Å²) in [7, 11) is 3.61. The number of carbonyl (C=O) groups excluding carboxylic acids is 1. The van der Waals surface area contributed by atoms with E-state index in [-0.39, 0.29) is 17.9 Å². The second kappa shape index (κ2) is 5.51. The van der Waals surface area contributed by atoms with Crippen molar-refractivity contribution in [3.05, 3.63) is 16.4 Å². The van der Waals surface area contributed by atoms with E-state index in [4.69, 9.17) is 11.6 Å². The summed E-state index contributed by atoms with van der Waals surface area (Å²) in [5, 5.41) is 8.05. The number of aryl methyl sites for hydroxylation is 1. The predicted molar refractivity (Wildman–Crippen MR) is 75.7 cm³/mol. The second-order valence-corrected chi connectivity index (χ2v) is 5.75. The molecule has 1 aliphatic rings. The van der Waals surface area contributed by atoms with Gasteiger partial charge >= 0.3 is 0 Å². The van der Waals surface area contributed by atoms with Crippen molar-refractivity contribution in [3.8, 4) is 0 Å². The molecular weight excluding hydrogens is 264 g/mol. The van der Waals surface area contributed by atoms with Crippen LogP contribution in [0, 0.1) is 0 Å². The Morgan fingerprint density at radius 3 is 2.79 bits per heavy atom. The van der Waals surface area contributed by atoms with Crippen LogP contribution in [0.15, 0.2) is 0 Å². The van der Waals surface area contributed by atoms with Gasteiger partial charge in [-0.25, -0.2) is 0 Å². The molecule has 0 radical (unpaired) electrons. The molecule has 1 aromatic heterocycles. The molecule has 1 aliphatic heterocycles. The van der Waals surface area contributed by atoms with Crippen LogP contribution in [0.1, 0.15) is 42.2 Å². The lowest BCUT2D eigenvalue weighted by atomic mass is 10.0. The lowest BCUT2D eigenvalue weighted by molar-refractivity contribution is 0.0742. The number of rotatable bonds is 3. The van der Waals surface area contributed by atoms with Gasteiger partial charge in [-0.05, 0) is 18.9 Å². The first-order chi connectivity index (χ1) is 8.93. The Hall–Kier alpha value is -1.07. The van der Waals surface area contributed by atoms with Crippen molar-refractivity contribution in [3.63, 3.8) is 0 Å². The molecular formula is C13H21ClN4O. The number of carbonyl (C=O) groups is 1. The minimum absolute atomic E-state index is 0.0319. The van der Waals surface area contributed by atoms with Crippen LogP contribution in [-0.2, 0) is 7.05 Å². The molecule has 2 heterocycles. The Morgan fingerprint density at radius 1 is 1.58 bits per heavy atom. The van der Waals surface area contributed by atoms with Crippen LogP contribution in [0.25, 0.3) is 0 Å². The summed E-state index contributed by atoms with van der Waals surface area (Å²) in [5.74, 6) is 0.142. The molecule has 0 aromatic carbocycles. The molecule has 0 spiro atoms. The SMILES string of the molecule is CC(C)c1nn(C)c(Cl)c1C(=O)N(C)[C@H]1CCNC1. The molecule has 0 aliphatic carbocycles. The van der Waals surface area contributed by atoms with Gasteiger partial charge in [0.15, 0.2) is 0 Å². The molecule has 2 rings (SSSR count). The fourth-order valence-electron chi connectivity index (χ4n) is 2.44. The van der Waals surface area contributed by atoms with Gasteiger partial charge in [-0.2, -0.15) is 5.10 Å². The van der Waals surface area contributed by atoms with Gasteiger partial charge in [0.25, 0.3) is 5.91 Å². The number of halogens is 1. The molecule has 0 bridgehead atoms. The highest BCUT2D eigenvalue weighted by molar-refractivity contribution is 6.33. The van der Waals surface area contributed by atoms with E-state index in [2.05, 4.69) is 10.4 Å². The Morgan fingerprint density at radius 2 is 2.26 bits per heavy atom. The van der Waals surface area contributed by atoms with Crippen LogP contribution in [0.4, 0.5) is 0 Å². The number of nitrogens with one attached hydrogen (secondary N) is 1. The zero-order valence-corrected chi connectivity index (χ0v) is 12.7. The zero-order chi connectivity index (χ0) is 14.2. The third kappa shape index (κ3) is 2.62. The summed E-state index contributed by atoms with van der Waals surface area (Å²) < 4.78 is 1.57. The van der Waals surface area contributed by atoms with E-state index in [1.165, 1.54) is 0 Å². The van der Waals surface area contributed by atoms with Crippen LogP contribution >= 0.6 is 11.6 Å². The molecule has 1 fully saturated rings. The van der Waals surface area contributed by atoms with Gasteiger partial charge < -0.3 is 10.2 Å². The second-order valence-electron chi connectivity index (χ2n) is 5.39. The normalized spacial score (nSPS) is 19.2. The summed E-state index contributed by atoms with van der Waals surface area (Å²) in [6, 6.07) is 0.240. The van der Waals surface area contributed by atoms with Crippen molar-refractivity contribution in [2.45, 2.75) is 32.2 Å². The number of aromatic nitrogens is 2. The largest absolute Gasteiger partial charge is 0.337 e. The summed E-state index contributed by atoms with van der Waals surface area (Å²) in [6.45, 7) is 5.84. The molecule has 6 heteroatoms. The third-order valence-corrected chi connectivity index (χ3v) is 4.10. The first kappa shape index (κ1) is 14.3. The third-order valence-electron chi connectivity index (χ3n) is 3.67. The van der Waals surface area contributed by atoms with Crippen molar-refractivity contribution in [1.29, 1.82) is 0 Å². The lowest BCUT2D eigenvalue weighted by Gasteiger charge is -2.24. The molecule has 106 valence electrons. The van der Waals surface area contributed by atoms with Gasteiger partial charge in [-0.1, -0.05) is 25.4 Å². The molecule has 5 nitrogen and oxygen atoms in total. The maximum absolute atomic E-state index is 12.7. The van der Waals surface area contributed by atoms with Crippen LogP contribution < -0.4 is 5.32 Å². The van der Waals surface area contributed by atoms with Gasteiger partial charge in [-0.3, -0.25) is 9.48 Å². The fraction of sp³-hybridized carbons (Fsp3) is 0.692. The average molecular weight is 285 g/mol. The smallest absolute Gasteiger partial charge is 0.258 e. The van der Waals surface area contributed by atoms with Crippen molar-refractivity contribution in [2.75, 3.05) is 20.1 Å². The van der Waals surface area contributed by atoms with E-state index in [9.17, 15) is 4.79 Å². The van der Waals surface area contributed by atoms with Crippen molar-refractivity contribution in [2.24, 2.45) is 7.05 Å². The number of likely N-dealkylation sites (N-methyl/N-ethyl adjacent to an activating group) is 1. The molecule has 0 saturated carbocycles. The summed E-state index contributed by atoms with van der Waals surface area (Å²) in [4.78, 5) is 14.4. The molecule has 1 aromatic rings. The average Bonchev–Trinajstić information content (AvgIpc) is 2.97. The van der Waals surface area contributed by atoms with E-state index in [1.54, 1.807) is 16.6 Å². The molecule has 1 amide bonds. The molecule has 19 heavy (non-hydrogen) atoms. The highest BCUT2D eigenvalue weighted by Crippen LogP contribution is 2.27. The molecule has 0 unspecified atom stereocenters. The van der Waals surface area contributed by atoms with E-state index < -0.39 is 0 Å². The van der Waals surface area contributed by atoms with Crippen molar-refractivity contribution in [1.82, 2.24) is 20.0 Å². The summed E-state index contributed by atoms with van der Waals surface area (Å²) in [5.41, 5.74) is 1.32. The van der Waals surface area contributed by atoms with Crippen LogP contribution in [-0.4, -0.2) is 46.8 Å². The fourth-order valence-corrected chi connectivity index (χ4v) is 2.65. The van der Waals surface area contributed by atoms with Gasteiger partial charge in [0.2, 0.25) is 0 Å². The Balaban J connectivity index is 2.32. The summed E-state index contributed by atoms with van der Waals surface area (Å²) in [6.07, 6.45) is 0.983. The Labute approximate surface area is 118 Å². The molecule has 1 N–H and O–H groups in total. The highest BCUT2D eigenvalue weighted by atomic mass is 35.5. The maximum atomic E-state index is 12.7. The number of amides is 1. The van der Waals surface area contributed by atoms with E-state index in [1.807, 2.05) is 20.9 Å². The van der Waals surface area contributed by atoms with Crippen molar-refractivity contribution >= 4 is 17.5 Å². The molecule has 1 atom stereocenters. The predicted octanol–water partition coefficient (Wildman–Crippen LogP) is 1.63. The highest BCUT2D eigenvalue weighted by Gasteiger charge is 2.30. The Bertz CT molecular complexity index is 477. The number of hydrogen-bond acceptors (Lipinski definition) is 3. The minimum atomic E-state index is -0.0319. The van der Waals surface area contributed by atoms with Crippen molar-refractivity contribution < 1.29 is 4.79 Å². The van der Waals surface area contributed by atoms with Gasteiger partial charge in [0, 0.05) is 26.7 Å². The van der Waals surface area contributed by atoms with E-state index in [0.717, 1.165) is 25.2 Å². The Kier molecular flexibility index (Phi) is 4.16. The minimum Gasteiger partial charge on any atom is -0.337 e. The first-order valence-electron chi connectivity index (χ1n) is 6.63. The monoisotopic (exact) mass is 284 g/mol. The van der Waals surface area contributed by atoms with Crippen LogP contribution in [0.5, 0.6) is 0 Å². The first-order valence-corrected chi connectivity index (χ1v) is 7.01. The zero-order valence-electron chi connectivity index (χ0n) is 11.9. The number of hydrogen-bond donors (Lipinski definition) is 1. The standard InChI is InChI=1S/C13H21ClN4O/c1-8(2)11-10(12(14)18(4)16-11)13(19)17(3)9-5-6-15-7-9/h8-9,15H,5-7H2,1-4H3/t9-/m0/s1. The van der Waals surface area contributed by atoms with E-state index >= 15 is 0 Å². The summed E-state index contributed by atoms with van der Waals surface area (Å²) >= 11 is 6.24. The van der Waals surface area contributed by atoms with Gasteiger partial charge in [0.1, 0.15) is 5.15 Å². The van der Waals surface area contributed by atoms with Gasteiger partial charge in [0.05, 0.1) is 11.3 Å². The van der Waals surface area contributed by atoms with E-state index in [0.29, 0.717) is 10.7 Å². The maximum Gasteiger partial charge on any atom is 0.258 e. The van der Waals surface area contributed by atoms with Crippen LogP contribution in [0.2, 0.25) is 5.15 Å².